The Labute approximate surface area is 197 Å². The van der Waals surface area contributed by atoms with E-state index in [4.69, 9.17) is 4.84 Å². The van der Waals surface area contributed by atoms with E-state index in [1.54, 1.807) is 4.90 Å². The van der Waals surface area contributed by atoms with Gasteiger partial charge >= 0.3 is 11.8 Å². The summed E-state index contributed by atoms with van der Waals surface area (Å²) in [6.07, 6.45) is 5.40. The minimum atomic E-state index is -0.762. The molecule has 2 aromatic carbocycles. The molecule has 3 aromatic rings. The van der Waals surface area contributed by atoms with Crippen LogP contribution in [0.25, 0.3) is 0 Å². The average molecular weight is 459 g/mol. The van der Waals surface area contributed by atoms with Gasteiger partial charge in [-0.2, -0.15) is 0 Å². The number of hydrogen-bond acceptors (Lipinski definition) is 5. The van der Waals surface area contributed by atoms with Crippen LogP contribution in [0.2, 0.25) is 0 Å². The number of likely N-dealkylation sites (tertiary alicyclic amines) is 1. The highest BCUT2D eigenvalue weighted by Gasteiger charge is 2.31. The van der Waals surface area contributed by atoms with Crippen LogP contribution in [0.15, 0.2) is 79.1 Å². The molecular weight excluding hydrogens is 432 g/mol. The number of hydroxylamine groups is 1. The van der Waals surface area contributed by atoms with Crippen molar-refractivity contribution in [2.45, 2.75) is 31.9 Å². The standard InChI is InChI=1S/C26H26N4O4/c31-24(29-34-18-19-9-3-1-4-10-19)21-15-22(17-27-16-21)28-25(32)26(33)30-14-8-7-13-23(30)20-11-5-2-6-12-20/h1-6,9-12,15-17,23H,7-8,13-14,18H2,(H,28,32)(H,29,31). The van der Waals surface area contributed by atoms with E-state index in [1.807, 2.05) is 60.7 Å². The zero-order valence-electron chi connectivity index (χ0n) is 18.6. The highest BCUT2D eigenvalue weighted by Crippen LogP contribution is 2.31. The molecule has 174 valence electrons. The summed E-state index contributed by atoms with van der Waals surface area (Å²) < 4.78 is 0. The first-order valence-electron chi connectivity index (χ1n) is 11.2. The third-order valence-electron chi connectivity index (χ3n) is 5.65. The molecule has 1 aliphatic heterocycles. The number of benzene rings is 2. The molecule has 0 radical (unpaired) electrons. The molecule has 0 bridgehead atoms. The second-order valence-corrected chi connectivity index (χ2v) is 8.04. The number of nitrogens with zero attached hydrogens (tertiary/aromatic N) is 2. The predicted octanol–water partition coefficient (Wildman–Crippen LogP) is 3.64. The van der Waals surface area contributed by atoms with Gasteiger partial charge in [-0.25, -0.2) is 5.48 Å². The molecule has 1 fully saturated rings. The van der Waals surface area contributed by atoms with Gasteiger partial charge in [0.2, 0.25) is 0 Å². The molecule has 1 aliphatic rings. The van der Waals surface area contributed by atoms with Gasteiger partial charge in [0.25, 0.3) is 5.91 Å². The Bertz CT molecular complexity index is 1140. The second-order valence-electron chi connectivity index (χ2n) is 8.04. The number of anilines is 1. The number of carbonyl (C=O) groups excluding carboxylic acids is 3. The van der Waals surface area contributed by atoms with E-state index in [1.165, 1.54) is 18.5 Å². The number of aromatic nitrogens is 1. The first-order chi connectivity index (χ1) is 16.6. The number of amides is 3. The Kier molecular flexibility index (Phi) is 7.62. The maximum Gasteiger partial charge on any atom is 0.313 e. The Balaban J connectivity index is 1.36. The monoisotopic (exact) mass is 458 g/mol. The molecule has 1 unspecified atom stereocenters. The van der Waals surface area contributed by atoms with E-state index >= 15 is 0 Å². The third kappa shape index (κ3) is 5.85. The van der Waals surface area contributed by atoms with Gasteiger partial charge in [0.15, 0.2) is 0 Å². The smallest absolute Gasteiger partial charge is 0.313 e. The molecule has 1 atom stereocenters. The largest absolute Gasteiger partial charge is 0.327 e. The molecule has 8 heteroatoms. The summed E-state index contributed by atoms with van der Waals surface area (Å²) in [7, 11) is 0. The van der Waals surface area contributed by atoms with Gasteiger partial charge in [0.1, 0.15) is 0 Å². The third-order valence-corrected chi connectivity index (χ3v) is 5.65. The number of hydrogen-bond donors (Lipinski definition) is 2. The molecule has 0 saturated carbocycles. The summed E-state index contributed by atoms with van der Waals surface area (Å²) in [6, 6.07) is 20.5. The fourth-order valence-corrected chi connectivity index (χ4v) is 3.96. The van der Waals surface area contributed by atoms with Crippen LogP contribution in [0.3, 0.4) is 0 Å². The summed E-state index contributed by atoms with van der Waals surface area (Å²) in [6.45, 7) is 0.731. The molecule has 3 amide bonds. The molecule has 0 aliphatic carbocycles. The van der Waals surface area contributed by atoms with E-state index in [-0.39, 0.29) is 23.9 Å². The van der Waals surface area contributed by atoms with Gasteiger partial charge in [0.05, 0.1) is 30.1 Å². The van der Waals surface area contributed by atoms with Crippen molar-refractivity contribution in [2.24, 2.45) is 0 Å². The number of piperidine rings is 1. The highest BCUT2D eigenvalue weighted by atomic mass is 16.6. The minimum absolute atomic E-state index is 0.134. The number of carbonyl (C=O) groups is 3. The van der Waals surface area contributed by atoms with Gasteiger partial charge in [-0.15, -0.1) is 0 Å². The molecule has 0 spiro atoms. The van der Waals surface area contributed by atoms with Crippen molar-refractivity contribution in [3.05, 3.63) is 95.8 Å². The normalized spacial score (nSPS) is 15.4. The molecule has 2 N–H and O–H groups in total. The molecule has 1 aromatic heterocycles. The van der Waals surface area contributed by atoms with Crippen LogP contribution >= 0.6 is 0 Å². The van der Waals surface area contributed by atoms with Crippen LogP contribution in [-0.4, -0.2) is 34.2 Å². The van der Waals surface area contributed by atoms with Crippen LogP contribution in [0.1, 0.15) is 46.8 Å². The van der Waals surface area contributed by atoms with Gasteiger partial charge in [-0.1, -0.05) is 60.7 Å². The average Bonchev–Trinajstić information content (AvgIpc) is 2.89. The van der Waals surface area contributed by atoms with Crippen molar-refractivity contribution in [2.75, 3.05) is 11.9 Å². The zero-order chi connectivity index (χ0) is 23.8. The molecule has 4 rings (SSSR count). The topological polar surface area (TPSA) is 101 Å². The lowest BCUT2D eigenvalue weighted by atomic mass is 9.95. The maximum absolute atomic E-state index is 13.0. The van der Waals surface area contributed by atoms with E-state index in [0.717, 1.165) is 30.4 Å². The van der Waals surface area contributed by atoms with Crippen molar-refractivity contribution in [1.29, 1.82) is 0 Å². The Hall–Kier alpha value is -4.04. The van der Waals surface area contributed by atoms with Crippen LogP contribution in [0.4, 0.5) is 5.69 Å². The Morgan fingerprint density at radius 3 is 2.47 bits per heavy atom. The summed E-state index contributed by atoms with van der Waals surface area (Å²) in [5.74, 6) is -1.87. The number of nitrogens with one attached hydrogen (secondary N) is 2. The van der Waals surface area contributed by atoms with Gasteiger partial charge in [-0.05, 0) is 36.5 Å². The van der Waals surface area contributed by atoms with Gasteiger partial charge in [0, 0.05) is 12.7 Å². The maximum atomic E-state index is 13.0. The first-order valence-corrected chi connectivity index (χ1v) is 11.2. The fourth-order valence-electron chi connectivity index (χ4n) is 3.96. The lowest BCUT2D eigenvalue weighted by Crippen LogP contribution is -2.44. The predicted molar refractivity (Wildman–Crippen MR) is 126 cm³/mol. The number of rotatable bonds is 6. The van der Waals surface area contributed by atoms with Crippen molar-refractivity contribution in [3.8, 4) is 0 Å². The molecule has 34 heavy (non-hydrogen) atoms. The van der Waals surface area contributed by atoms with Crippen molar-refractivity contribution in [3.63, 3.8) is 0 Å². The zero-order valence-corrected chi connectivity index (χ0v) is 18.6. The second kappa shape index (κ2) is 11.2. The van der Waals surface area contributed by atoms with E-state index < -0.39 is 17.7 Å². The number of pyridine rings is 1. The molecule has 8 nitrogen and oxygen atoms in total. The molecule has 1 saturated heterocycles. The minimum Gasteiger partial charge on any atom is -0.327 e. The van der Waals surface area contributed by atoms with Crippen LogP contribution in [0, 0.1) is 0 Å². The van der Waals surface area contributed by atoms with Crippen LogP contribution < -0.4 is 10.8 Å². The molecular formula is C26H26N4O4. The first kappa shape index (κ1) is 23.1. The van der Waals surface area contributed by atoms with Gasteiger partial charge < -0.3 is 10.2 Å². The quantitative estimate of drug-likeness (QED) is 0.434. The van der Waals surface area contributed by atoms with Crippen molar-refractivity contribution in [1.82, 2.24) is 15.4 Å². The van der Waals surface area contributed by atoms with Crippen molar-refractivity contribution >= 4 is 23.4 Å². The van der Waals surface area contributed by atoms with E-state index in [2.05, 4.69) is 15.8 Å². The van der Waals surface area contributed by atoms with E-state index in [9.17, 15) is 14.4 Å². The summed E-state index contributed by atoms with van der Waals surface area (Å²) >= 11 is 0. The summed E-state index contributed by atoms with van der Waals surface area (Å²) in [5.41, 5.74) is 4.73. The lowest BCUT2D eigenvalue weighted by Gasteiger charge is -2.35. The fraction of sp³-hybridized carbons (Fsp3) is 0.231. The van der Waals surface area contributed by atoms with E-state index in [0.29, 0.717) is 6.54 Å². The Morgan fingerprint density at radius 2 is 1.71 bits per heavy atom. The van der Waals surface area contributed by atoms with Crippen LogP contribution in [-0.2, 0) is 21.0 Å². The van der Waals surface area contributed by atoms with Crippen molar-refractivity contribution < 1.29 is 19.2 Å². The SMILES string of the molecule is O=C(Nc1cncc(C(=O)NOCc2ccccc2)c1)C(=O)N1CCCCC1c1ccccc1. The Morgan fingerprint density at radius 1 is 0.971 bits per heavy atom. The molecule has 2 heterocycles. The van der Waals surface area contributed by atoms with Gasteiger partial charge in [-0.3, -0.25) is 24.2 Å². The highest BCUT2D eigenvalue weighted by molar-refractivity contribution is 6.39. The summed E-state index contributed by atoms with van der Waals surface area (Å²) in [4.78, 5) is 49.0. The lowest BCUT2D eigenvalue weighted by molar-refractivity contribution is -0.145. The summed E-state index contributed by atoms with van der Waals surface area (Å²) in [5, 5.41) is 2.57. The van der Waals surface area contributed by atoms with Crippen LogP contribution in [0.5, 0.6) is 0 Å².